The molecule has 0 unspecified atom stereocenters. The number of carbonyl (C=O) groups excluding carboxylic acids is 2. The Hall–Kier alpha value is -2.51. The van der Waals surface area contributed by atoms with E-state index in [1.54, 1.807) is 0 Å². The molecule has 3 heterocycles. The summed E-state index contributed by atoms with van der Waals surface area (Å²) in [5.74, 6) is -4.63. The highest BCUT2D eigenvalue weighted by Crippen LogP contribution is 2.41. The Balaban J connectivity index is 1.50. The van der Waals surface area contributed by atoms with E-state index in [2.05, 4.69) is 15.5 Å². The van der Waals surface area contributed by atoms with Gasteiger partial charge in [-0.3, -0.25) is 14.5 Å². The second kappa shape index (κ2) is 8.55. The van der Waals surface area contributed by atoms with Crippen LogP contribution in [0.15, 0.2) is 33.8 Å². The van der Waals surface area contributed by atoms with Crippen molar-refractivity contribution in [2.45, 2.75) is 22.7 Å². The molecule has 162 valence electrons. The van der Waals surface area contributed by atoms with Crippen molar-refractivity contribution >= 4 is 52.6 Å². The van der Waals surface area contributed by atoms with Gasteiger partial charge in [0.1, 0.15) is 22.1 Å². The first-order chi connectivity index (χ1) is 14.8. The second-order valence-electron chi connectivity index (χ2n) is 6.60. The van der Waals surface area contributed by atoms with Gasteiger partial charge in [-0.1, -0.05) is 29.2 Å². The van der Waals surface area contributed by atoms with E-state index in [0.717, 1.165) is 22.0 Å². The fourth-order valence-corrected chi connectivity index (χ4v) is 6.48. The van der Waals surface area contributed by atoms with Gasteiger partial charge in [-0.05, 0) is 24.6 Å². The van der Waals surface area contributed by atoms with Crippen molar-refractivity contribution in [3.8, 4) is 0 Å². The fraction of sp³-hybridized carbons (Fsp3) is 0.278. The minimum atomic E-state index is -1.31. The van der Waals surface area contributed by atoms with Crippen LogP contribution >= 0.6 is 34.9 Å². The van der Waals surface area contributed by atoms with Crippen LogP contribution in [0, 0.1) is 18.6 Å². The number of aromatic nitrogens is 2. The molecular formula is C18H14F2N4O4S3. The molecule has 8 nitrogen and oxygen atoms in total. The molecule has 0 saturated carbocycles. The standard InChI is InChI=1S/C18H14F2N4O4S3/c1-7-22-23-18(31-7)30-6-8-5-29-16-12(15(26)24(16)13(8)17(27)28)21-14(25)9-3-2-4-10(19)11(9)20/h2-4,12,16H,5-6H2,1H3,(H,21,25)(H,27,28)/t12-,16-/m0/s1. The summed E-state index contributed by atoms with van der Waals surface area (Å²) in [5, 5.41) is 20.1. The summed E-state index contributed by atoms with van der Waals surface area (Å²) in [6.07, 6.45) is 0. The number of amides is 2. The topological polar surface area (TPSA) is 112 Å². The summed E-state index contributed by atoms with van der Waals surface area (Å²) >= 11 is 4.02. The third kappa shape index (κ3) is 4.04. The van der Waals surface area contributed by atoms with Gasteiger partial charge in [0.2, 0.25) is 0 Å². The molecule has 0 bridgehead atoms. The summed E-state index contributed by atoms with van der Waals surface area (Å²) in [7, 11) is 0. The van der Waals surface area contributed by atoms with E-state index in [0.29, 0.717) is 21.4 Å². The number of nitrogens with one attached hydrogen (secondary N) is 1. The largest absolute Gasteiger partial charge is 0.477 e. The number of carbonyl (C=O) groups is 3. The molecule has 0 radical (unpaired) electrons. The molecule has 1 fully saturated rings. The van der Waals surface area contributed by atoms with Gasteiger partial charge < -0.3 is 10.4 Å². The number of thioether (sulfide) groups is 2. The first kappa shape index (κ1) is 21.7. The minimum absolute atomic E-state index is 0.120. The number of halogens is 2. The summed E-state index contributed by atoms with van der Waals surface area (Å²) in [5.41, 5.74) is -0.0867. The van der Waals surface area contributed by atoms with Crippen molar-refractivity contribution in [3.63, 3.8) is 0 Å². The first-order valence-corrected chi connectivity index (χ1v) is 11.7. The molecule has 31 heavy (non-hydrogen) atoms. The van der Waals surface area contributed by atoms with Crippen LogP contribution in [0.25, 0.3) is 0 Å². The zero-order chi connectivity index (χ0) is 22.3. The van der Waals surface area contributed by atoms with Gasteiger partial charge in [-0.15, -0.1) is 22.0 Å². The first-order valence-electron chi connectivity index (χ1n) is 8.85. The maximum Gasteiger partial charge on any atom is 0.352 e. The highest BCUT2D eigenvalue weighted by atomic mass is 32.2. The third-order valence-corrected chi connectivity index (χ3v) is 8.01. The normalized spacial score (nSPS) is 20.4. The number of fused-ring (bicyclic) bond motifs is 1. The quantitative estimate of drug-likeness (QED) is 0.474. The maximum atomic E-state index is 13.9. The van der Waals surface area contributed by atoms with Crippen LogP contribution in [0.4, 0.5) is 8.78 Å². The number of rotatable bonds is 6. The molecule has 2 aliphatic heterocycles. The Morgan fingerprint density at radius 3 is 2.81 bits per heavy atom. The lowest BCUT2D eigenvalue weighted by molar-refractivity contribution is -0.148. The lowest BCUT2D eigenvalue weighted by Crippen LogP contribution is -2.70. The van der Waals surface area contributed by atoms with Crippen LogP contribution in [0.5, 0.6) is 0 Å². The Labute approximate surface area is 187 Å². The molecule has 13 heteroatoms. The highest BCUT2D eigenvalue weighted by Gasteiger charge is 2.54. The van der Waals surface area contributed by atoms with E-state index in [1.807, 2.05) is 6.92 Å². The summed E-state index contributed by atoms with van der Waals surface area (Å²) in [6, 6.07) is 2.14. The number of carboxylic acids is 1. The van der Waals surface area contributed by atoms with Crippen LogP contribution in [0.2, 0.25) is 0 Å². The SMILES string of the molecule is Cc1nnc(SCC2=C(C(=O)O)N3C(=O)[C@H](NC(=O)c4cccc(F)c4F)[C@@H]3SC2)s1. The monoisotopic (exact) mass is 484 g/mol. The Bertz CT molecular complexity index is 1120. The van der Waals surface area contributed by atoms with Gasteiger partial charge in [0.05, 0.1) is 5.56 Å². The third-order valence-electron chi connectivity index (χ3n) is 4.61. The Kier molecular flexibility index (Phi) is 5.99. The van der Waals surface area contributed by atoms with Gasteiger partial charge >= 0.3 is 5.97 Å². The van der Waals surface area contributed by atoms with E-state index < -0.39 is 46.4 Å². The van der Waals surface area contributed by atoms with Gasteiger partial charge in [0, 0.05) is 11.5 Å². The summed E-state index contributed by atoms with van der Waals surface area (Å²) in [6.45, 7) is 1.81. The zero-order valence-electron chi connectivity index (χ0n) is 15.8. The summed E-state index contributed by atoms with van der Waals surface area (Å²) in [4.78, 5) is 38.0. The summed E-state index contributed by atoms with van der Waals surface area (Å²) < 4.78 is 27.9. The number of nitrogens with zero attached hydrogens (tertiary/aromatic N) is 3. The average molecular weight is 485 g/mol. The Morgan fingerprint density at radius 1 is 1.35 bits per heavy atom. The number of carboxylic acid groups (broad SMARTS) is 1. The van der Waals surface area contributed by atoms with E-state index in [9.17, 15) is 28.3 Å². The van der Waals surface area contributed by atoms with Crippen molar-refractivity contribution in [1.82, 2.24) is 20.4 Å². The van der Waals surface area contributed by atoms with Crippen molar-refractivity contribution in [3.05, 3.63) is 51.7 Å². The Morgan fingerprint density at radius 2 is 2.13 bits per heavy atom. The van der Waals surface area contributed by atoms with Crippen molar-refractivity contribution in [1.29, 1.82) is 0 Å². The number of aliphatic carboxylic acids is 1. The molecule has 2 atom stereocenters. The second-order valence-corrected chi connectivity index (χ2v) is 10.1. The van der Waals surface area contributed by atoms with Crippen molar-refractivity contribution < 1.29 is 28.3 Å². The molecule has 1 saturated heterocycles. The van der Waals surface area contributed by atoms with Gasteiger partial charge in [-0.2, -0.15) is 0 Å². The fourth-order valence-electron chi connectivity index (χ4n) is 3.18. The van der Waals surface area contributed by atoms with E-state index in [-0.39, 0.29) is 5.70 Å². The van der Waals surface area contributed by atoms with E-state index in [4.69, 9.17) is 0 Å². The van der Waals surface area contributed by atoms with E-state index in [1.165, 1.54) is 40.9 Å². The smallest absolute Gasteiger partial charge is 0.352 e. The number of aryl methyl sites for hydroxylation is 1. The maximum absolute atomic E-state index is 13.9. The predicted octanol–water partition coefficient (Wildman–Crippen LogP) is 2.27. The van der Waals surface area contributed by atoms with Crippen LogP contribution in [-0.4, -0.2) is 60.9 Å². The van der Waals surface area contributed by atoms with Crippen LogP contribution in [-0.2, 0) is 9.59 Å². The lowest BCUT2D eigenvalue weighted by Gasteiger charge is -2.49. The molecule has 0 aliphatic carbocycles. The average Bonchev–Trinajstić information content (AvgIpc) is 3.16. The molecule has 2 aliphatic rings. The number of benzene rings is 1. The lowest BCUT2D eigenvalue weighted by atomic mass is 10.0. The van der Waals surface area contributed by atoms with Gasteiger partial charge in [0.25, 0.3) is 11.8 Å². The predicted molar refractivity (Wildman–Crippen MR) is 111 cm³/mol. The zero-order valence-corrected chi connectivity index (χ0v) is 18.2. The van der Waals surface area contributed by atoms with Crippen LogP contribution < -0.4 is 5.32 Å². The highest BCUT2D eigenvalue weighted by molar-refractivity contribution is 8.01. The molecule has 2 aromatic rings. The van der Waals surface area contributed by atoms with Crippen LogP contribution in [0.3, 0.4) is 0 Å². The molecule has 4 rings (SSSR count). The van der Waals surface area contributed by atoms with E-state index >= 15 is 0 Å². The molecular weight excluding hydrogens is 470 g/mol. The molecule has 1 aromatic heterocycles. The molecule has 1 aromatic carbocycles. The number of hydrogen-bond acceptors (Lipinski definition) is 8. The van der Waals surface area contributed by atoms with Gasteiger partial charge in [0.15, 0.2) is 16.0 Å². The number of hydrogen-bond donors (Lipinski definition) is 2. The number of β-lactam (4-membered cyclic amide) rings is 1. The molecule has 2 N–H and O–H groups in total. The minimum Gasteiger partial charge on any atom is -0.477 e. The van der Waals surface area contributed by atoms with Gasteiger partial charge in [-0.25, -0.2) is 13.6 Å². The van der Waals surface area contributed by atoms with Crippen molar-refractivity contribution in [2.24, 2.45) is 0 Å². The van der Waals surface area contributed by atoms with Crippen LogP contribution in [0.1, 0.15) is 15.4 Å². The molecule has 2 amide bonds. The van der Waals surface area contributed by atoms with Crippen molar-refractivity contribution in [2.75, 3.05) is 11.5 Å². The molecule has 0 spiro atoms.